The Bertz CT molecular complexity index is 1040. The van der Waals surface area contributed by atoms with Crippen LogP contribution in [0.4, 0.5) is 0 Å². The Morgan fingerprint density at radius 1 is 0.660 bits per heavy atom. The van der Waals surface area contributed by atoms with E-state index in [1.54, 1.807) is 6.08 Å². The summed E-state index contributed by atoms with van der Waals surface area (Å²) in [7, 11) is 0. The summed E-state index contributed by atoms with van der Waals surface area (Å²) in [6.07, 6.45) is 9.74. The van der Waals surface area contributed by atoms with Crippen LogP contribution in [-0.4, -0.2) is 140 Å². The summed E-state index contributed by atoms with van der Waals surface area (Å²) in [5.74, 6) is -0.271. The van der Waals surface area contributed by atoms with Crippen molar-refractivity contribution >= 4 is 5.91 Å². The smallest absolute Gasteiger partial charge is 0.220 e. The number of unbranched alkanes of at least 4 members (excludes halogenated alkanes) is 10. The Kier molecular flexibility index (Phi) is 24.8. The van der Waals surface area contributed by atoms with E-state index >= 15 is 0 Å². The maximum absolute atomic E-state index is 12.8. The first kappa shape index (κ1) is 47.4. The first-order valence-corrected chi connectivity index (χ1v) is 19.7. The van der Waals surface area contributed by atoms with Crippen LogP contribution >= 0.6 is 0 Å². The molecule has 0 radical (unpaired) electrons. The van der Waals surface area contributed by atoms with Gasteiger partial charge < -0.3 is 65.1 Å². The third-order valence-electron chi connectivity index (χ3n) is 9.56. The number of nitrogens with one attached hydrogen (secondary N) is 1. The van der Waals surface area contributed by atoms with Gasteiger partial charge in [0.1, 0.15) is 48.8 Å². The molecule has 0 aromatic heterocycles. The van der Waals surface area contributed by atoms with Gasteiger partial charge in [-0.05, 0) is 44.9 Å². The highest BCUT2D eigenvalue weighted by Gasteiger charge is 2.50. The van der Waals surface area contributed by atoms with Gasteiger partial charge in [-0.25, -0.2) is 0 Å². The largest absolute Gasteiger partial charge is 0.394 e. The van der Waals surface area contributed by atoms with Crippen LogP contribution in [0.2, 0.25) is 0 Å². The van der Waals surface area contributed by atoms with Crippen molar-refractivity contribution < 1.29 is 64.6 Å². The maximum Gasteiger partial charge on any atom is 0.220 e. The molecule has 308 valence electrons. The second kappa shape index (κ2) is 27.7. The second-order valence-electron chi connectivity index (χ2n) is 14.0. The van der Waals surface area contributed by atoms with Crippen molar-refractivity contribution in [3.8, 4) is 0 Å². The van der Waals surface area contributed by atoms with Gasteiger partial charge in [0.2, 0.25) is 5.91 Å². The lowest BCUT2D eigenvalue weighted by Crippen LogP contribution is -2.65. The molecule has 12 atom stereocenters. The van der Waals surface area contributed by atoms with Crippen molar-refractivity contribution in [3.05, 3.63) is 36.5 Å². The van der Waals surface area contributed by atoms with Crippen LogP contribution in [0.5, 0.6) is 0 Å². The Morgan fingerprint density at radius 2 is 1.21 bits per heavy atom. The summed E-state index contributed by atoms with van der Waals surface area (Å²) in [5, 5.41) is 85.8. The summed E-state index contributed by atoms with van der Waals surface area (Å²) in [4.78, 5) is 12.8. The van der Waals surface area contributed by atoms with E-state index < -0.39 is 86.8 Å². The molecule has 0 bridgehead atoms. The van der Waals surface area contributed by atoms with Crippen molar-refractivity contribution in [1.29, 1.82) is 0 Å². The van der Waals surface area contributed by atoms with Crippen LogP contribution in [0.25, 0.3) is 0 Å². The predicted octanol–water partition coefficient (Wildman–Crippen LogP) is 2.03. The van der Waals surface area contributed by atoms with Crippen molar-refractivity contribution in [2.45, 2.75) is 184 Å². The zero-order valence-corrected chi connectivity index (χ0v) is 31.7. The minimum absolute atomic E-state index is 0.264. The first-order valence-electron chi connectivity index (χ1n) is 19.7. The normalized spacial score (nSPS) is 30.8. The number of carbonyl (C=O) groups excluding carboxylic acids is 1. The number of allylic oxidation sites excluding steroid dienone is 5. The Hall–Kier alpha value is -1.79. The molecule has 2 saturated heterocycles. The number of aliphatic hydroxyl groups excluding tert-OH is 8. The molecule has 0 aliphatic carbocycles. The predicted molar refractivity (Wildman–Crippen MR) is 198 cm³/mol. The van der Waals surface area contributed by atoms with Crippen LogP contribution in [0.3, 0.4) is 0 Å². The molecule has 2 heterocycles. The highest BCUT2D eigenvalue weighted by molar-refractivity contribution is 5.76. The third-order valence-corrected chi connectivity index (χ3v) is 9.56. The summed E-state index contributed by atoms with van der Waals surface area (Å²) < 4.78 is 22.4. The molecule has 0 aromatic rings. The van der Waals surface area contributed by atoms with Gasteiger partial charge in [0.25, 0.3) is 0 Å². The van der Waals surface area contributed by atoms with Gasteiger partial charge in [-0.15, -0.1) is 0 Å². The second-order valence-corrected chi connectivity index (χ2v) is 14.0. The SMILES string of the molecule is CCCCCC/C=C/CC/C=C/CC/C=C/C(O)C(COC1OC(CO)C(OC2OC(CO)C(O)C(O)C2O)C(O)C1O)NC(=O)CCCCCCC. The molecule has 14 heteroatoms. The molecule has 12 unspecified atom stereocenters. The maximum atomic E-state index is 12.8. The van der Waals surface area contributed by atoms with E-state index in [1.165, 1.54) is 25.7 Å². The summed E-state index contributed by atoms with van der Waals surface area (Å²) >= 11 is 0. The molecule has 0 saturated carbocycles. The third kappa shape index (κ3) is 17.3. The first-order chi connectivity index (χ1) is 25.6. The fraction of sp³-hybridized carbons (Fsp3) is 0.821. The Balaban J connectivity index is 1.96. The van der Waals surface area contributed by atoms with Gasteiger partial charge in [0.15, 0.2) is 12.6 Å². The van der Waals surface area contributed by atoms with E-state index in [1.807, 2.05) is 6.08 Å². The van der Waals surface area contributed by atoms with Crippen LogP contribution in [0, 0.1) is 0 Å². The fourth-order valence-electron chi connectivity index (χ4n) is 6.20. The quantitative estimate of drug-likeness (QED) is 0.0432. The van der Waals surface area contributed by atoms with Gasteiger partial charge in [0, 0.05) is 6.42 Å². The topological polar surface area (TPSA) is 228 Å². The van der Waals surface area contributed by atoms with E-state index in [9.17, 15) is 45.6 Å². The van der Waals surface area contributed by atoms with Crippen LogP contribution in [-0.2, 0) is 23.7 Å². The number of carbonyl (C=O) groups is 1. The minimum Gasteiger partial charge on any atom is -0.394 e. The molecule has 53 heavy (non-hydrogen) atoms. The number of rotatable bonds is 27. The van der Waals surface area contributed by atoms with Crippen LogP contribution in [0.1, 0.15) is 110 Å². The standard InChI is InChI=1S/C39H69NO13/c1-3-5-7-9-10-11-12-13-14-15-16-17-19-20-22-28(43)27(40-31(44)23-21-18-8-6-4-2)26-50-38-36(49)34(47)37(30(25-42)52-38)53-39-35(48)33(46)32(45)29(24-41)51-39/h11-12,15-16,20,22,27-30,32-39,41-43,45-49H,3-10,13-14,17-19,21,23-26H2,1-2H3,(H,40,44)/b12-11+,16-15+,22-20+. The minimum atomic E-state index is -1.79. The van der Waals surface area contributed by atoms with E-state index in [4.69, 9.17) is 18.9 Å². The summed E-state index contributed by atoms with van der Waals surface area (Å²) in [6, 6.07) is -0.928. The molecule has 0 aromatic carbocycles. The van der Waals surface area contributed by atoms with Gasteiger partial charge in [-0.2, -0.15) is 0 Å². The van der Waals surface area contributed by atoms with E-state index in [0.29, 0.717) is 12.8 Å². The molecular formula is C39H69NO13. The number of hydrogen-bond acceptors (Lipinski definition) is 13. The molecule has 9 N–H and O–H groups in total. The van der Waals surface area contributed by atoms with Crippen molar-refractivity contribution in [2.75, 3.05) is 19.8 Å². The van der Waals surface area contributed by atoms with Crippen LogP contribution in [0.15, 0.2) is 36.5 Å². The lowest BCUT2D eigenvalue weighted by Gasteiger charge is -2.46. The summed E-state index contributed by atoms with van der Waals surface area (Å²) in [6.45, 7) is 2.58. The van der Waals surface area contributed by atoms with Crippen molar-refractivity contribution in [2.24, 2.45) is 0 Å². The Morgan fingerprint density at radius 3 is 1.83 bits per heavy atom. The van der Waals surface area contributed by atoms with Gasteiger partial charge in [0.05, 0.1) is 32.0 Å². The lowest BCUT2D eigenvalue weighted by atomic mass is 9.97. The van der Waals surface area contributed by atoms with Crippen molar-refractivity contribution in [3.63, 3.8) is 0 Å². The fourth-order valence-corrected chi connectivity index (χ4v) is 6.20. The summed E-state index contributed by atoms with van der Waals surface area (Å²) in [5.41, 5.74) is 0. The van der Waals surface area contributed by atoms with E-state index in [2.05, 4.69) is 43.5 Å². The zero-order chi connectivity index (χ0) is 39.0. The number of hydrogen-bond donors (Lipinski definition) is 9. The molecule has 2 aliphatic rings. The van der Waals surface area contributed by atoms with Crippen LogP contribution < -0.4 is 5.32 Å². The molecule has 2 fully saturated rings. The highest BCUT2D eigenvalue weighted by atomic mass is 16.7. The van der Waals surface area contributed by atoms with Crippen molar-refractivity contribution in [1.82, 2.24) is 5.32 Å². The zero-order valence-electron chi connectivity index (χ0n) is 31.7. The average Bonchev–Trinajstić information content (AvgIpc) is 3.15. The van der Waals surface area contributed by atoms with Gasteiger partial charge >= 0.3 is 0 Å². The molecule has 1 amide bonds. The van der Waals surface area contributed by atoms with Gasteiger partial charge in [-0.3, -0.25) is 4.79 Å². The molecular weight excluding hydrogens is 690 g/mol. The number of aliphatic hydroxyl groups is 8. The molecule has 14 nitrogen and oxygen atoms in total. The molecule has 2 rings (SSSR count). The number of ether oxygens (including phenoxy) is 4. The lowest BCUT2D eigenvalue weighted by molar-refractivity contribution is -0.359. The average molecular weight is 760 g/mol. The Labute approximate surface area is 315 Å². The highest BCUT2D eigenvalue weighted by Crippen LogP contribution is 2.29. The molecule has 0 spiro atoms. The van der Waals surface area contributed by atoms with E-state index in [-0.39, 0.29) is 18.9 Å². The monoisotopic (exact) mass is 759 g/mol. The number of amides is 1. The van der Waals surface area contributed by atoms with Gasteiger partial charge in [-0.1, -0.05) is 95.2 Å². The molecule has 2 aliphatic heterocycles. The van der Waals surface area contributed by atoms with E-state index in [0.717, 1.165) is 51.4 Å².